The molecule has 0 radical (unpaired) electrons. The van der Waals surface area contributed by atoms with Crippen LogP contribution in [-0.4, -0.2) is 50.3 Å². The Labute approximate surface area is 171 Å². The van der Waals surface area contributed by atoms with Crippen molar-refractivity contribution in [3.63, 3.8) is 0 Å². The summed E-state index contributed by atoms with van der Waals surface area (Å²) in [7, 11) is 0. The zero-order valence-corrected chi connectivity index (χ0v) is 17.0. The van der Waals surface area contributed by atoms with Gasteiger partial charge in [-0.1, -0.05) is 41.9 Å². The minimum atomic E-state index is -0.00512. The van der Waals surface area contributed by atoms with Gasteiger partial charge in [-0.05, 0) is 36.2 Å². The van der Waals surface area contributed by atoms with Crippen LogP contribution in [-0.2, 0) is 16.0 Å². The number of nitrogens with one attached hydrogen (secondary N) is 1. The Morgan fingerprint density at radius 1 is 1.18 bits per heavy atom. The van der Waals surface area contributed by atoms with Gasteiger partial charge in [-0.3, -0.25) is 9.69 Å². The highest BCUT2D eigenvalue weighted by Crippen LogP contribution is 2.27. The lowest BCUT2D eigenvalue weighted by Gasteiger charge is -2.35. The predicted molar refractivity (Wildman–Crippen MR) is 111 cm³/mol. The van der Waals surface area contributed by atoms with Gasteiger partial charge in [0.1, 0.15) is 5.75 Å². The van der Waals surface area contributed by atoms with Crippen molar-refractivity contribution in [3.8, 4) is 5.75 Å². The lowest BCUT2D eigenvalue weighted by Crippen LogP contribution is -2.44. The molecule has 1 amide bonds. The Hall–Kier alpha value is -2.08. The summed E-state index contributed by atoms with van der Waals surface area (Å²) in [6.45, 7) is 6.13. The fourth-order valence-corrected chi connectivity index (χ4v) is 3.66. The molecule has 1 N–H and O–H groups in total. The smallest absolute Gasteiger partial charge is 0.224 e. The van der Waals surface area contributed by atoms with E-state index in [9.17, 15) is 4.79 Å². The normalized spacial score (nSPS) is 15.8. The second kappa shape index (κ2) is 10.5. The third kappa shape index (κ3) is 5.71. The summed E-state index contributed by atoms with van der Waals surface area (Å²) in [5.41, 5.74) is 1.99. The first-order valence-electron chi connectivity index (χ1n) is 9.72. The standard InChI is InChI=1S/C22H27ClN2O3/c1-2-28-18-9-7-17(8-10-18)15-22(26)24-16-21(25-11-13-27-14-12-25)19-5-3-4-6-20(19)23/h3-10,21H,2,11-16H2,1H3,(H,24,26). The highest BCUT2D eigenvalue weighted by Gasteiger charge is 2.24. The van der Waals surface area contributed by atoms with Crippen molar-refractivity contribution in [1.82, 2.24) is 10.2 Å². The monoisotopic (exact) mass is 402 g/mol. The van der Waals surface area contributed by atoms with Crippen molar-refractivity contribution in [1.29, 1.82) is 0 Å². The first kappa shape index (κ1) is 20.6. The van der Waals surface area contributed by atoms with E-state index >= 15 is 0 Å². The molecule has 2 aromatic carbocycles. The number of rotatable bonds is 8. The van der Waals surface area contributed by atoms with E-state index in [1.807, 2.05) is 55.5 Å². The van der Waals surface area contributed by atoms with Crippen molar-refractivity contribution in [2.24, 2.45) is 0 Å². The van der Waals surface area contributed by atoms with E-state index in [0.717, 1.165) is 35.0 Å². The molecule has 3 rings (SSSR count). The van der Waals surface area contributed by atoms with E-state index in [1.165, 1.54) is 0 Å². The summed E-state index contributed by atoms with van der Waals surface area (Å²) in [6, 6.07) is 15.5. The van der Waals surface area contributed by atoms with Crippen LogP contribution in [0.2, 0.25) is 5.02 Å². The molecule has 0 bridgehead atoms. The summed E-state index contributed by atoms with van der Waals surface area (Å²) in [4.78, 5) is 14.8. The Balaban J connectivity index is 1.62. The summed E-state index contributed by atoms with van der Waals surface area (Å²) >= 11 is 6.44. The van der Waals surface area contributed by atoms with Crippen LogP contribution in [0.4, 0.5) is 0 Å². The molecule has 0 spiro atoms. The SMILES string of the molecule is CCOc1ccc(CC(=O)NCC(c2ccccc2Cl)N2CCOCC2)cc1. The first-order valence-corrected chi connectivity index (χ1v) is 10.1. The van der Waals surface area contributed by atoms with Gasteiger partial charge in [0.15, 0.2) is 0 Å². The average Bonchev–Trinajstić information content (AvgIpc) is 2.72. The number of carbonyl (C=O) groups is 1. The predicted octanol–water partition coefficient (Wildman–Crippen LogP) is 3.47. The zero-order chi connectivity index (χ0) is 19.8. The number of carbonyl (C=O) groups excluding carboxylic acids is 1. The fraction of sp³-hybridized carbons (Fsp3) is 0.409. The van der Waals surface area contributed by atoms with Crippen LogP contribution in [0.3, 0.4) is 0 Å². The number of ether oxygens (including phenoxy) is 2. The molecular formula is C22H27ClN2O3. The molecule has 1 atom stereocenters. The molecule has 1 heterocycles. The number of nitrogens with zero attached hydrogens (tertiary/aromatic N) is 1. The van der Waals surface area contributed by atoms with E-state index in [-0.39, 0.29) is 11.9 Å². The van der Waals surface area contributed by atoms with Crippen LogP contribution in [0.15, 0.2) is 48.5 Å². The second-order valence-electron chi connectivity index (χ2n) is 6.74. The Morgan fingerprint density at radius 3 is 2.57 bits per heavy atom. The number of benzene rings is 2. The van der Waals surface area contributed by atoms with Crippen molar-refractivity contribution in [2.75, 3.05) is 39.5 Å². The summed E-state index contributed by atoms with van der Waals surface area (Å²) < 4.78 is 10.9. The van der Waals surface area contributed by atoms with Gasteiger partial charge in [0.25, 0.3) is 0 Å². The Kier molecular flexibility index (Phi) is 7.71. The van der Waals surface area contributed by atoms with Gasteiger partial charge >= 0.3 is 0 Å². The number of hydrogen-bond acceptors (Lipinski definition) is 4. The van der Waals surface area contributed by atoms with Crippen LogP contribution < -0.4 is 10.1 Å². The van der Waals surface area contributed by atoms with E-state index < -0.39 is 0 Å². The molecule has 150 valence electrons. The molecule has 1 unspecified atom stereocenters. The number of halogens is 1. The highest BCUT2D eigenvalue weighted by molar-refractivity contribution is 6.31. The zero-order valence-electron chi connectivity index (χ0n) is 16.2. The van der Waals surface area contributed by atoms with Gasteiger partial charge in [0, 0.05) is 24.7 Å². The average molecular weight is 403 g/mol. The molecule has 1 aliphatic heterocycles. The van der Waals surface area contributed by atoms with Crippen LogP contribution >= 0.6 is 11.6 Å². The quantitative estimate of drug-likeness (QED) is 0.734. The molecule has 0 aliphatic carbocycles. The van der Waals surface area contributed by atoms with Gasteiger partial charge < -0.3 is 14.8 Å². The fourth-order valence-electron chi connectivity index (χ4n) is 3.40. The van der Waals surface area contributed by atoms with Gasteiger partial charge in [0.05, 0.1) is 32.3 Å². The van der Waals surface area contributed by atoms with Crippen LogP contribution in [0, 0.1) is 0 Å². The largest absolute Gasteiger partial charge is 0.494 e. The number of amides is 1. The maximum Gasteiger partial charge on any atom is 0.224 e. The second-order valence-corrected chi connectivity index (χ2v) is 7.15. The van der Waals surface area contributed by atoms with Gasteiger partial charge in [-0.25, -0.2) is 0 Å². The first-order chi connectivity index (χ1) is 13.7. The van der Waals surface area contributed by atoms with E-state index in [0.29, 0.717) is 32.8 Å². The van der Waals surface area contributed by atoms with E-state index in [1.54, 1.807) is 0 Å². The minimum Gasteiger partial charge on any atom is -0.494 e. The van der Waals surface area contributed by atoms with Crippen molar-refractivity contribution < 1.29 is 14.3 Å². The maximum absolute atomic E-state index is 12.5. The topological polar surface area (TPSA) is 50.8 Å². The number of morpholine rings is 1. The third-order valence-corrected chi connectivity index (χ3v) is 5.19. The Morgan fingerprint density at radius 2 is 1.89 bits per heavy atom. The summed E-state index contributed by atoms with van der Waals surface area (Å²) in [6.07, 6.45) is 0.338. The highest BCUT2D eigenvalue weighted by atomic mass is 35.5. The van der Waals surface area contributed by atoms with Crippen molar-refractivity contribution in [2.45, 2.75) is 19.4 Å². The molecule has 0 aromatic heterocycles. The molecule has 1 fully saturated rings. The van der Waals surface area contributed by atoms with E-state index in [4.69, 9.17) is 21.1 Å². The van der Waals surface area contributed by atoms with Gasteiger partial charge in [0.2, 0.25) is 5.91 Å². The third-order valence-electron chi connectivity index (χ3n) is 4.84. The summed E-state index contributed by atoms with van der Waals surface area (Å²) in [5, 5.41) is 3.80. The molecule has 6 heteroatoms. The Bertz CT molecular complexity index is 761. The van der Waals surface area contributed by atoms with Gasteiger partial charge in [-0.15, -0.1) is 0 Å². The van der Waals surface area contributed by atoms with Gasteiger partial charge in [-0.2, -0.15) is 0 Å². The van der Waals surface area contributed by atoms with Crippen molar-refractivity contribution >= 4 is 17.5 Å². The van der Waals surface area contributed by atoms with E-state index in [2.05, 4.69) is 10.2 Å². The lowest BCUT2D eigenvalue weighted by atomic mass is 10.0. The van der Waals surface area contributed by atoms with Crippen molar-refractivity contribution in [3.05, 3.63) is 64.7 Å². The minimum absolute atomic E-state index is 0.00512. The maximum atomic E-state index is 12.5. The molecule has 0 saturated carbocycles. The molecular weight excluding hydrogens is 376 g/mol. The molecule has 5 nitrogen and oxygen atoms in total. The molecule has 2 aromatic rings. The molecule has 28 heavy (non-hydrogen) atoms. The van der Waals surface area contributed by atoms with Crippen LogP contribution in [0.5, 0.6) is 5.75 Å². The molecule has 1 aliphatic rings. The van der Waals surface area contributed by atoms with Crippen LogP contribution in [0.25, 0.3) is 0 Å². The number of hydrogen-bond donors (Lipinski definition) is 1. The molecule has 1 saturated heterocycles. The summed E-state index contributed by atoms with van der Waals surface area (Å²) in [5.74, 6) is 0.812. The lowest BCUT2D eigenvalue weighted by molar-refractivity contribution is -0.120. The van der Waals surface area contributed by atoms with Crippen LogP contribution in [0.1, 0.15) is 24.1 Å².